The fourth-order valence-corrected chi connectivity index (χ4v) is 3.44. The van der Waals surface area contributed by atoms with Gasteiger partial charge in [0.2, 0.25) is 5.91 Å². The maximum atomic E-state index is 12.6. The van der Waals surface area contributed by atoms with Crippen LogP contribution in [0.4, 0.5) is 4.79 Å². The van der Waals surface area contributed by atoms with Crippen LogP contribution >= 0.6 is 8.18 Å². The zero-order chi connectivity index (χ0) is 19.8. The van der Waals surface area contributed by atoms with E-state index in [9.17, 15) is 14.2 Å². The lowest BCUT2D eigenvalue weighted by Gasteiger charge is -2.31. The molecule has 8 nitrogen and oxygen atoms in total. The second-order valence-electron chi connectivity index (χ2n) is 5.66. The highest BCUT2D eigenvalue weighted by Crippen LogP contribution is 2.35. The molecule has 4 N–H and O–H groups in total. The third kappa shape index (κ3) is 5.40. The zero-order valence-electron chi connectivity index (χ0n) is 14.8. The minimum Gasteiger partial charge on any atom is -0.444 e. The number of carbonyl (C=O) groups is 2. The number of rotatable bonds is 8. The predicted molar refractivity (Wildman–Crippen MR) is 101 cm³/mol. The summed E-state index contributed by atoms with van der Waals surface area (Å²) in [5.74, 6) is -0.918. The van der Waals surface area contributed by atoms with Crippen molar-refractivity contribution >= 4 is 20.2 Å². The van der Waals surface area contributed by atoms with Gasteiger partial charge in [0, 0.05) is 7.11 Å². The highest BCUT2D eigenvalue weighted by Gasteiger charge is 2.38. The number of carbonyl (C=O) groups excluding carboxylic acids is 2. The first-order valence-electron chi connectivity index (χ1n) is 8.13. The molecule has 0 heterocycles. The van der Waals surface area contributed by atoms with E-state index >= 15 is 0 Å². The molecule has 2 aromatic carbocycles. The molecule has 2 amide bonds. The average molecular weight is 391 g/mol. The molecule has 2 rings (SSSR count). The maximum absolute atomic E-state index is 12.6. The van der Waals surface area contributed by atoms with Gasteiger partial charge in [0.25, 0.3) is 8.18 Å². The van der Waals surface area contributed by atoms with E-state index in [2.05, 4.69) is 0 Å². The fraction of sp³-hybridized carbons (Fsp3) is 0.222. The van der Waals surface area contributed by atoms with Crippen molar-refractivity contribution < 1.29 is 23.4 Å². The maximum Gasteiger partial charge on any atom is 0.417 e. The topological polar surface area (TPSA) is 125 Å². The Bertz CT molecular complexity index is 788. The van der Waals surface area contributed by atoms with E-state index < -0.39 is 32.3 Å². The Kier molecular flexibility index (Phi) is 7.55. The summed E-state index contributed by atoms with van der Waals surface area (Å²) in [6, 6.07) is 15.1. The molecule has 0 saturated heterocycles. The van der Waals surface area contributed by atoms with Crippen molar-refractivity contribution in [1.29, 1.82) is 0 Å². The van der Waals surface area contributed by atoms with Crippen LogP contribution in [0.2, 0.25) is 0 Å². The molecular weight excluding hydrogens is 369 g/mol. The van der Waals surface area contributed by atoms with Crippen molar-refractivity contribution in [1.82, 2.24) is 4.67 Å². The molecule has 0 aromatic heterocycles. The van der Waals surface area contributed by atoms with E-state index in [0.29, 0.717) is 10.2 Å². The molecule has 0 aliphatic heterocycles. The number of hydrogen-bond acceptors (Lipinski definition) is 6. The molecule has 3 atom stereocenters. The van der Waals surface area contributed by atoms with E-state index in [1.165, 1.54) is 0 Å². The van der Waals surface area contributed by atoms with Crippen molar-refractivity contribution in [3.8, 4) is 0 Å². The summed E-state index contributed by atoms with van der Waals surface area (Å²) in [5.41, 5.74) is 12.9. The van der Waals surface area contributed by atoms with Crippen molar-refractivity contribution in [3.05, 3.63) is 71.8 Å². The van der Waals surface area contributed by atoms with Gasteiger partial charge >= 0.3 is 6.09 Å². The van der Waals surface area contributed by atoms with Crippen LogP contribution in [0.25, 0.3) is 0 Å². The number of primary amides is 1. The SMILES string of the molecule is CO[PH](=O)N(C(=O)OCc1ccccc1)C(C(N)=O)C(N)c1ccccc1. The lowest BCUT2D eigenvalue weighted by molar-refractivity contribution is -0.122. The van der Waals surface area contributed by atoms with E-state index in [1.807, 2.05) is 6.07 Å². The number of nitrogens with zero attached hydrogens (tertiary/aromatic N) is 1. The van der Waals surface area contributed by atoms with Gasteiger partial charge in [-0.3, -0.25) is 9.36 Å². The Morgan fingerprint density at radius 2 is 1.63 bits per heavy atom. The van der Waals surface area contributed by atoms with Gasteiger partial charge in [-0.25, -0.2) is 9.46 Å². The highest BCUT2D eigenvalue weighted by atomic mass is 31.1. The van der Waals surface area contributed by atoms with Gasteiger partial charge in [-0.2, -0.15) is 0 Å². The summed E-state index contributed by atoms with van der Waals surface area (Å²) in [4.78, 5) is 24.7. The molecular formula is C18H22N3O5P. The Morgan fingerprint density at radius 3 is 2.15 bits per heavy atom. The van der Waals surface area contributed by atoms with Crippen molar-refractivity contribution in [3.63, 3.8) is 0 Å². The molecule has 3 unspecified atom stereocenters. The van der Waals surface area contributed by atoms with Gasteiger partial charge in [-0.05, 0) is 11.1 Å². The largest absolute Gasteiger partial charge is 0.444 e. The molecule has 0 radical (unpaired) electrons. The van der Waals surface area contributed by atoms with Crippen molar-refractivity contribution in [2.75, 3.05) is 7.11 Å². The number of amides is 2. The number of benzene rings is 2. The molecule has 144 valence electrons. The summed E-state index contributed by atoms with van der Waals surface area (Å²) in [7, 11) is -1.98. The minimum atomic E-state index is -3.14. The van der Waals surface area contributed by atoms with E-state index in [0.717, 1.165) is 12.7 Å². The van der Waals surface area contributed by atoms with Crippen LogP contribution in [0.1, 0.15) is 17.2 Å². The quantitative estimate of drug-likeness (QED) is 0.665. The van der Waals surface area contributed by atoms with Crippen molar-refractivity contribution in [2.24, 2.45) is 11.5 Å². The summed E-state index contributed by atoms with van der Waals surface area (Å²) in [6.45, 7) is -0.0684. The van der Waals surface area contributed by atoms with Gasteiger partial charge in [-0.15, -0.1) is 0 Å². The average Bonchev–Trinajstić information content (AvgIpc) is 2.70. The molecule has 0 spiro atoms. The van der Waals surface area contributed by atoms with E-state index in [1.54, 1.807) is 54.6 Å². The molecule has 9 heteroatoms. The normalized spacial score (nSPS) is 14.0. The third-order valence-corrected chi connectivity index (χ3v) is 5.07. The highest BCUT2D eigenvalue weighted by molar-refractivity contribution is 7.37. The first-order chi connectivity index (χ1) is 13.0. The molecule has 27 heavy (non-hydrogen) atoms. The molecule has 0 aliphatic rings. The smallest absolute Gasteiger partial charge is 0.417 e. The van der Waals surface area contributed by atoms with Gasteiger partial charge in [0.15, 0.2) is 0 Å². The van der Waals surface area contributed by atoms with Gasteiger partial charge in [0.05, 0.1) is 6.04 Å². The number of ether oxygens (including phenoxy) is 1. The number of hydrogen-bond donors (Lipinski definition) is 2. The minimum absolute atomic E-state index is 0.0684. The van der Waals surface area contributed by atoms with E-state index in [4.69, 9.17) is 20.7 Å². The zero-order valence-corrected chi connectivity index (χ0v) is 15.8. The predicted octanol–water partition coefficient (Wildman–Crippen LogP) is 2.22. The molecule has 0 bridgehead atoms. The summed E-state index contributed by atoms with van der Waals surface area (Å²) < 4.78 is 23.1. The molecule has 0 saturated carbocycles. The van der Waals surface area contributed by atoms with Gasteiger partial charge in [-0.1, -0.05) is 60.7 Å². The van der Waals surface area contributed by atoms with Gasteiger partial charge < -0.3 is 20.7 Å². The van der Waals surface area contributed by atoms with Crippen LogP contribution in [0.15, 0.2) is 60.7 Å². The second kappa shape index (κ2) is 9.87. The summed E-state index contributed by atoms with van der Waals surface area (Å²) >= 11 is 0. The van der Waals surface area contributed by atoms with Crippen LogP contribution in [0.3, 0.4) is 0 Å². The first-order valence-corrected chi connectivity index (χ1v) is 9.39. The first kappa shape index (κ1) is 20.6. The Morgan fingerprint density at radius 1 is 1.07 bits per heavy atom. The standard InChI is InChI=1S/C18H22N3O5P/c1-25-27(24)21(18(23)26-12-13-8-4-2-5-9-13)16(17(20)22)15(19)14-10-6-3-7-11-14/h2-11,15-16,27H,12,19H2,1H3,(H2,20,22). The Balaban J connectivity index is 2.26. The van der Waals surface area contributed by atoms with Crippen LogP contribution in [-0.2, 0) is 25.2 Å². The van der Waals surface area contributed by atoms with Crippen LogP contribution < -0.4 is 11.5 Å². The molecule has 0 aliphatic carbocycles. The fourth-order valence-electron chi connectivity index (χ4n) is 2.51. The molecule has 0 fully saturated rings. The van der Waals surface area contributed by atoms with E-state index in [-0.39, 0.29) is 6.61 Å². The summed E-state index contributed by atoms with van der Waals surface area (Å²) in [5, 5.41) is 0. The number of nitrogens with two attached hydrogens (primary N) is 2. The van der Waals surface area contributed by atoms with Crippen LogP contribution in [0, 0.1) is 0 Å². The third-order valence-electron chi connectivity index (χ3n) is 3.87. The van der Waals surface area contributed by atoms with Crippen molar-refractivity contribution in [2.45, 2.75) is 18.7 Å². The van der Waals surface area contributed by atoms with Gasteiger partial charge in [0.1, 0.15) is 12.6 Å². The molecule has 2 aromatic rings. The summed E-state index contributed by atoms with van der Waals surface area (Å²) in [6.07, 6.45) is -1.00. The lowest BCUT2D eigenvalue weighted by atomic mass is 10.00. The Labute approximate surface area is 158 Å². The van der Waals surface area contributed by atoms with Crippen LogP contribution in [0.5, 0.6) is 0 Å². The second-order valence-corrected chi connectivity index (χ2v) is 7.09. The lowest BCUT2D eigenvalue weighted by Crippen LogP contribution is -2.50. The van der Waals surface area contributed by atoms with Crippen LogP contribution in [-0.4, -0.2) is 29.8 Å². The Hall–Kier alpha value is -2.67. The monoisotopic (exact) mass is 391 g/mol.